The number of nitrogens with zero attached hydrogens (tertiary/aromatic N) is 6. The molecule has 9 heteroatoms. The number of rotatable bonds is 7. The molecule has 1 N–H and O–H groups in total. The molecule has 2 aliphatic carbocycles. The van der Waals surface area contributed by atoms with E-state index in [-0.39, 0.29) is 11.7 Å². The van der Waals surface area contributed by atoms with Crippen LogP contribution in [0.3, 0.4) is 0 Å². The largest absolute Gasteiger partial charge is 0.310 e. The van der Waals surface area contributed by atoms with Gasteiger partial charge in [-0.2, -0.15) is 5.10 Å². The fraction of sp³-hybridized carbons (Fsp3) is 0.450. The zero-order valence-corrected chi connectivity index (χ0v) is 16.9. The summed E-state index contributed by atoms with van der Waals surface area (Å²) in [5.74, 6) is 1.86. The van der Waals surface area contributed by atoms with Crippen molar-refractivity contribution >= 4 is 23.5 Å². The lowest BCUT2D eigenvalue weighted by molar-refractivity contribution is -0.113. The van der Waals surface area contributed by atoms with Gasteiger partial charge in [0.1, 0.15) is 5.82 Å². The summed E-state index contributed by atoms with van der Waals surface area (Å²) in [6.45, 7) is 0. The molecule has 0 radical (unpaired) electrons. The number of anilines is 1. The monoisotopic (exact) mass is 409 g/mol. The van der Waals surface area contributed by atoms with Crippen LogP contribution in [0, 0.1) is 0 Å². The summed E-state index contributed by atoms with van der Waals surface area (Å²) in [5.41, 5.74) is 0.996. The van der Waals surface area contributed by atoms with E-state index in [9.17, 15) is 4.79 Å². The number of pyridine rings is 1. The quantitative estimate of drug-likeness (QED) is 0.598. The van der Waals surface area contributed by atoms with E-state index in [1.165, 1.54) is 24.6 Å². The first-order valence-electron chi connectivity index (χ1n) is 10.1. The van der Waals surface area contributed by atoms with E-state index in [0.717, 1.165) is 48.0 Å². The molecule has 150 valence electrons. The lowest BCUT2D eigenvalue weighted by atomic mass is 10.2. The summed E-state index contributed by atoms with van der Waals surface area (Å²) in [5, 5.41) is 17.0. The van der Waals surface area contributed by atoms with Crippen LogP contribution in [0.5, 0.6) is 0 Å². The second-order valence-electron chi connectivity index (χ2n) is 7.58. The molecule has 5 rings (SSSR count). The molecular formula is C20H23N7OS. The molecule has 0 aliphatic heterocycles. The minimum absolute atomic E-state index is 0.0504. The van der Waals surface area contributed by atoms with E-state index >= 15 is 0 Å². The highest BCUT2D eigenvalue weighted by atomic mass is 32.2. The first-order valence-corrected chi connectivity index (χ1v) is 11.1. The Hall–Kier alpha value is -2.68. The van der Waals surface area contributed by atoms with Crippen LogP contribution < -0.4 is 5.32 Å². The molecule has 0 bridgehead atoms. The summed E-state index contributed by atoms with van der Waals surface area (Å²) < 4.78 is 4.12. The SMILES string of the molecule is O=C(CSc1nnc(-c2ccncc2)n1C1CC1)Nc1ccnn1C1CCCC1. The number of hydrogen-bond donors (Lipinski definition) is 1. The van der Waals surface area contributed by atoms with E-state index in [4.69, 9.17) is 0 Å². The van der Waals surface area contributed by atoms with Crippen molar-refractivity contribution in [3.63, 3.8) is 0 Å². The minimum Gasteiger partial charge on any atom is -0.310 e. The highest BCUT2D eigenvalue weighted by Gasteiger charge is 2.30. The number of amides is 1. The van der Waals surface area contributed by atoms with Crippen molar-refractivity contribution in [2.24, 2.45) is 0 Å². The third-order valence-electron chi connectivity index (χ3n) is 5.46. The molecule has 3 heterocycles. The molecule has 8 nitrogen and oxygen atoms in total. The Kier molecular flexibility index (Phi) is 5.05. The number of thioether (sulfide) groups is 1. The van der Waals surface area contributed by atoms with E-state index < -0.39 is 0 Å². The molecule has 0 atom stereocenters. The van der Waals surface area contributed by atoms with E-state index in [0.29, 0.717) is 12.1 Å². The van der Waals surface area contributed by atoms with E-state index in [2.05, 4.69) is 30.2 Å². The predicted molar refractivity (Wildman–Crippen MR) is 111 cm³/mol. The van der Waals surface area contributed by atoms with Crippen molar-refractivity contribution in [3.05, 3.63) is 36.8 Å². The van der Waals surface area contributed by atoms with Crippen molar-refractivity contribution in [1.82, 2.24) is 29.5 Å². The van der Waals surface area contributed by atoms with Gasteiger partial charge in [0.2, 0.25) is 5.91 Å². The van der Waals surface area contributed by atoms with Crippen LogP contribution >= 0.6 is 11.8 Å². The maximum Gasteiger partial charge on any atom is 0.235 e. The first-order chi connectivity index (χ1) is 14.3. The molecule has 2 saturated carbocycles. The third-order valence-corrected chi connectivity index (χ3v) is 6.40. The molecule has 0 saturated heterocycles. The highest BCUT2D eigenvalue weighted by Crippen LogP contribution is 2.41. The van der Waals surface area contributed by atoms with Gasteiger partial charge in [0.15, 0.2) is 11.0 Å². The molecule has 2 fully saturated rings. The second-order valence-corrected chi connectivity index (χ2v) is 8.52. The molecule has 0 unspecified atom stereocenters. The van der Waals surface area contributed by atoms with Crippen LogP contribution in [0.1, 0.15) is 50.6 Å². The Morgan fingerprint density at radius 1 is 1.03 bits per heavy atom. The molecule has 2 aliphatic rings. The Labute approximate surface area is 173 Å². The number of carbonyl (C=O) groups is 1. The molecule has 3 aromatic rings. The van der Waals surface area contributed by atoms with E-state index in [1.807, 2.05) is 22.9 Å². The van der Waals surface area contributed by atoms with Crippen LogP contribution in [-0.4, -0.2) is 41.2 Å². The van der Waals surface area contributed by atoms with Gasteiger partial charge in [0.05, 0.1) is 18.0 Å². The van der Waals surface area contributed by atoms with Gasteiger partial charge in [-0.3, -0.25) is 14.3 Å². The van der Waals surface area contributed by atoms with Gasteiger partial charge >= 0.3 is 0 Å². The van der Waals surface area contributed by atoms with Crippen LogP contribution in [0.2, 0.25) is 0 Å². The van der Waals surface area contributed by atoms with Gasteiger partial charge in [-0.25, -0.2) is 4.68 Å². The Morgan fingerprint density at radius 3 is 2.59 bits per heavy atom. The maximum absolute atomic E-state index is 12.6. The normalized spacial score (nSPS) is 17.0. The average Bonchev–Trinajstić information content (AvgIpc) is 3.14. The lowest BCUT2D eigenvalue weighted by Gasteiger charge is -2.14. The van der Waals surface area contributed by atoms with Gasteiger partial charge < -0.3 is 5.32 Å². The van der Waals surface area contributed by atoms with Crippen LogP contribution in [0.15, 0.2) is 41.9 Å². The van der Waals surface area contributed by atoms with E-state index in [1.54, 1.807) is 18.6 Å². The van der Waals surface area contributed by atoms with Crippen molar-refractivity contribution in [2.75, 3.05) is 11.1 Å². The summed E-state index contributed by atoms with van der Waals surface area (Å²) in [6, 6.07) is 6.56. The van der Waals surface area contributed by atoms with Crippen LogP contribution in [0.4, 0.5) is 5.82 Å². The zero-order chi connectivity index (χ0) is 19.6. The maximum atomic E-state index is 12.6. The Bertz CT molecular complexity index is 989. The smallest absolute Gasteiger partial charge is 0.235 e. The van der Waals surface area contributed by atoms with Crippen molar-refractivity contribution in [2.45, 2.75) is 55.8 Å². The predicted octanol–water partition coefficient (Wildman–Crippen LogP) is 3.72. The van der Waals surface area contributed by atoms with Crippen LogP contribution in [0.25, 0.3) is 11.4 Å². The molecular weight excluding hydrogens is 386 g/mol. The molecule has 0 aromatic carbocycles. The van der Waals surface area contributed by atoms with Crippen molar-refractivity contribution in [1.29, 1.82) is 0 Å². The fourth-order valence-corrected chi connectivity index (χ4v) is 4.70. The Balaban J connectivity index is 1.27. The summed E-state index contributed by atoms with van der Waals surface area (Å²) in [7, 11) is 0. The van der Waals surface area contributed by atoms with Gasteiger partial charge in [0.25, 0.3) is 0 Å². The first kappa shape index (κ1) is 18.4. The number of hydrogen-bond acceptors (Lipinski definition) is 6. The van der Waals surface area contributed by atoms with Crippen molar-refractivity contribution in [3.8, 4) is 11.4 Å². The van der Waals surface area contributed by atoms with Gasteiger partial charge in [-0.15, -0.1) is 10.2 Å². The average molecular weight is 410 g/mol. The fourth-order valence-electron chi connectivity index (χ4n) is 3.90. The van der Waals surface area contributed by atoms with Gasteiger partial charge in [-0.05, 0) is 37.8 Å². The second kappa shape index (κ2) is 7.98. The summed E-state index contributed by atoms with van der Waals surface area (Å²) in [4.78, 5) is 16.7. The summed E-state index contributed by atoms with van der Waals surface area (Å²) >= 11 is 1.43. The number of nitrogens with one attached hydrogen (secondary N) is 1. The molecule has 29 heavy (non-hydrogen) atoms. The highest BCUT2D eigenvalue weighted by molar-refractivity contribution is 7.99. The molecule has 1 amide bonds. The Morgan fingerprint density at radius 2 is 1.83 bits per heavy atom. The van der Waals surface area contributed by atoms with Crippen LogP contribution in [-0.2, 0) is 4.79 Å². The molecule has 0 spiro atoms. The zero-order valence-electron chi connectivity index (χ0n) is 16.1. The summed E-state index contributed by atoms with van der Waals surface area (Å²) in [6.07, 6.45) is 12.2. The topological polar surface area (TPSA) is 90.5 Å². The number of carbonyl (C=O) groups excluding carboxylic acids is 1. The minimum atomic E-state index is -0.0504. The van der Waals surface area contributed by atoms with Gasteiger partial charge in [-0.1, -0.05) is 24.6 Å². The standard InChI is InChI=1S/C20H23N7OS/c28-18(23-17-9-12-22-27(17)16-3-1-2-4-16)13-29-20-25-24-19(26(20)15-5-6-15)14-7-10-21-11-8-14/h7-12,15-16H,1-6,13H2,(H,23,28). The number of aromatic nitrogens is 6. The van der Waals surface area contributed by atoms with Crippen molar-refractivity contribution < 1.29 is 4.79 Å². The molecule has 3 aromatic heterocycles. The lowest BCUT2D eigenvalue weighted by Crippen LogP contribution is -2.19. The van der Waals surface area contributed by atoms with Gasteiger partial charge in [0, 0.05) is 30.1 Å². The third kappa shape index (κ3) is 3.91.